The zero-order valence-corrected chi connectivity index (χ0v) is 18.9. The van der Waals surface area contributed by atoms with Gasteiger partial charge in [0.15, 0.2) is 0 Å². The number of carbonyl (C=O) groups is 1. The van der Waals surface area contributed by atoms with E-state index in [1.165, 1.54) is 0 Å². The van der Waals surface area contributed by atoms with Crippen LogP contribution in [0, 0.1) is 10.8 Å². The highest BCUT2D eigenvalue weighted by atomic mass is 16.5. The van der Waals surface area contributed by atoms with Crippen LogP contribution in [0.3, 0.4) is 0 Å². The number of amidine groups is 2. The smallest absolute Gasteiger partial charge is 0.334 e. The summed E-state index contributed by atoms with van der Waals surface area (Å²) < 4.78 is 11.8. The highest BCUT2D eigenvalue weighted by Crippen LogP contribution is 2.28. The first-order valence-electron chi connectivity index (χ1n) is 11.4. The third kappa shape index (κ3) is 5.45. The zero-order valence-electron chi connectivity index (χ0n) is 18.9. The summed E-state index contributed by atoms with van der Waals surface area (Å²) in [5.74, 6) is 1.57. The van der Waals surface area contributed by atoms with Gasteiger partial charge in [-0.2, -0.15) is 0 Å². The van der Waals surface area contributed by atoms with Gasteiger partial charge in [-0.3, -0.25) is 10.8 Å². The van der Waals surface area contributed by atoms with E-state index in [0.29, 0.717) is 17.1 Å². The molecule has 0 unspecified atom stereocenters. The van der Waals surface area contributed by atoms with Crippen LogP contribution in [0.5, 0.6) is 11.5 Å². The number of carbonyl (C=O) groups excluding carboxylic acids is 1. The van der Waals surface area contributed by atoms with Crippen LogP contribution in [-0.4, -0.2) is 54.3 Å². The first kappa shape index (κ1) is 22.6. The number of hydrogen-bond donors (Lipinski definition) is 3. The molecule has 0 bridgehead atoms. The van der Waals surface area contributed by atoms with E-state index in [-0.39, 0.29) is 24.0 Å². The number of ether oxygens (including phenoxy) is 2. The molecule has 0 spiro atoms. The molecule has 2 aliphatic heterocycles. The first-order chi connectivity index (χ1) is 15.9. The van der Waals surface area contributed by atoms with Crippen LogP contribution < -0.4 is 20.1 Å². The second-order valence-electron chi connectivity index (χ2n) is 8.60. The molecule has 0 aliphatic carbocycles. The molecular weight excluding hydrogens is 418 g/mol. The van der Waals surface area contributed by atoms with E-state index in [0.717, 1.165) is 56.8 Å². The second kappa shape index (κ2) is 9.94. The van der Waals surface area contributed by atoms with Crippen LogP contribution in [0.1, 0.15) is 38.2 Å². The van der Waals surface area contributed by atoms with Crippen molar-refractivity contribution >= 4 is 23.3 Å². The number of rotatable bonds is 6. The van der Waals surface area contributed by atoms with Crippen LogP contribution in [0.2, 0.25) is 0 Å². The van der Waals surface area contributed by atoms with Crippen molar-refractivity contribution in [2.24, 2.45) is 5.73 Å². The number of nitrogens with one attached hydrogen (secondary N) is 2. The highest BCUT2D eigenvalue weighted by Gasteiger charge is 2.32. The van der Waals surface area contributed by atoms with Gasteiger partial charge in [0, 0.05) is 43.7 Å². The Hall–Kier alpha value is -3.55. The van der Waals surface area contributed by atoms with Gasteiger partial charge in [0.05, 0.1) is 5.84 Å². The fourth-order valence-electron chi connectivity index (χ4n) is 4.44. The standard InChI is InChI=1S/C25H31N5O3/c1-17(26)29-14-11-22(12-15-29)32-20-7-9-21(10-8-20)33-25(31)23-6-3-13-30(23)19-5-2-4-18(16-19)24(27)28/h2,4-5,7-10,16,22-23,26H,3,6,11-15H2,1H3,(H3,27,28)/t23-/m1/s1. The summed E-state index contributed by atoms with van der Waals surface area (Å²) in [5.41, 5.74) is 7.13. The van der Waals surface area contributed by atoms with Crippen molar-refractivity contribution in [3.63, 3.8) is 0 Å². The molecule has 2 heterocycles. The Kier molecular flexibility index (Phi) is 6.82. The monoisotopic (exact) mass is 449 g/mol. The van der Waals surface area contributed by atoms with Gasteiger partial charge < -0.3 is 25.0 Å². The Balaban J connectivity index is 1.34. The number of likely N-dealkylation sites (tertiary alicyclic amines) is 1. The van der Waals surface area contributed by atoms with Crippen molar-refractivity contribution in [2.45, 2.75) is 44.8 Å². The average molecular weight is 450 g/mol. The fourth-order valence-corrected chi connectivity index (χ4v) is 4.44. The molecule has 0 saturated carbocycles. The number of esters is 1. The Bertz CT molecular complexity index is 1010. The summed E-state index contributed by atoms with van der Waals surface area (Å²) in [7, 11) is 0. The van der Waals surface area contributed by atoms with E-state index in [2.05, 4.69) is 4.90 Å². The van der Waals surface area contributed by atoms with E-state index in [1.54, 1.807) is 18.2 Å². The Morgan fingerprint density at radius 1 is 1.00 bits per heavy atom. The Morgan fingerprint density at radius 2 is 1.70 bits per heavy atom. The molecule has 2 fully saturated rings. The SMILES string of the molecule is CC(=N)N1CCC(Oc2ccc(OC(=O)[C@H]3CCCN3c3cccc(C(=N)N)c3)cc2)CC1. The molecule has 0 amide bonds. The number of benzene rings is 2. The van der Waals surface area contributed by atoms with E-state index in [9.17, 15) is 4.79 Å². The molecule has 8 heteroatoms. The maximum Gasteiger partial charge on any atom is 0.334 e. The van der Waals surface area contributed by atoms with Crippen molar-refractivity contribution < 1.29 is 14.3 Å². The normalized spacial score (nSPS) is 18.8. The van der Waals surface area contributed by atoms with Gasteiger partial charge in [-0.25, -0.2) is 4.79 Å². The predicted octanol–water partition coefficient (Wildman–Crippen LogP) is 3.39. The minimum absolute atomic E-state index is 0.00729. The molecule has 2 saturated heterocycles. The second-order valence-corrected chi connectivity index (χ2v) is 8.60. The number of nitrogens with two attached hydrogens (primary N) is 1. The quantitative estimate of drug-likeness (QED) is 0.269. The minimum Gasteiger partial charge on any atom is -0.490 e. The Labute approximate surface area is 194 Å². The highest BCUT2D eigenvalue weighted by molar-refractivity contribution is 5.96. The molecule has 4 N–H and O–H groups in total. The summed E-state index contributed by atoms with van der Waals surface area (Å²) in [6.45, 7) is 4.24. The lowest BCUT2D eigenvalue weighted by atomic mass is 10.1. The van der Waals surface area contributed by atoms with Crippen molar-refractivity contribution in [1.29, 1.82) is 10.8 Å². The number of piperidine rings is 1. The van der Waals surface area contributed by atoms with Gasteiger partial charge in [0.1, 0.15) is 29.5 Å². The minimum atomic E-state index is -0.370. The molecule has 2 aliphatic rings. The molecule has 0 aromatic heterocycles. The summed E-state index contributed by atoms with van der Waals surface area (Å²) in [6, 6.07) is 14.2. The van der Waals surface area contributed by atoms with Gasteiger partial charge in [-0.1, -0.05) is 12.1 Å². The fraction of sp³-hybridized carbons (Fsp3) is 0.400. The predicted molar refractivity (Wildman–Crippen MR) is 129 cm³/mol. The largest absolute Gasteiger partial charge is 0.490 e. The summed E-state index contributed by atoms with van der Waals surface area (Å²) >= 11 is 0. The van der Waals surface area contributed by atoms with Crippen LogP contribution in [0.4, 0.5) is 5.69 Å². The molecular formula is C25H31N5O3. The number of hydrogen-bond acceptors (Lipinski definition) is 6. The number of anilines is 1. The molecule has 2 aromatic rings. The molecule has 1 atom stereocenters. The maximum absolute atomic E-state index is 12.9. The van der Waals surface area contributed by atoms with Crippen LogP contribution >= 0.6 is 0 Å². The van der Waals surface area contributed by atoms with Crippen molar-refractivity contribution in [3.8, 4) is 11.5 Å². The molecule has 4 rings (SSSR count). The molecule has 2 aromatic carbocycles. The number of nitrogens with zero attached hydrogens (tertiary/aromatic N) is 2. The Morgan fingerprint density at radius 3 is 2.36 bits per heavy atom. The first-order valence-corrected chi connectivity index (χ1v) is 11.4. The van der Waals surface area contributed by atoms with E-state index >= 15 is 0 Å². The van der Waals surface area contributed by atoms with Crippen LogP contribution in [-0.2, 0) is 4.79 Å². The molecule has 0 radical (unpaired) electrons. The molecule has 174 valence electrons. The van der Waals surface area contributed by atoms with Crippen molar-refractivity contribution in [2.75, 3.05) is 24.5 Å². The topological polar surface area (TPSA) is 116 Å². The van der Waals surface area contributed by atoms with Gasteiger partial charge in [0.25, 0.3) is 0 Å². The number of nitrogen functional groups attached to an aromatic ring is 1. The average Bonchev–Trinajstić information content (AvgIpc) is 3.31. The molecule has 8 nitrogen and oxygen atoms in total. The lowest BCUT2D eigenvalue weighted by molar-refractivity contribution is -0.135. The van der Waals surface area contributed by atoms with E-state index in [1.807, 2.05) is 42.2 Å². The lowest BCUT2D eigenvalue weighted by Crippen LogP contribution is -2.40. The van der Waals surface area contributed by atoms with Crippen molar-refractivity contribution in [3.05, 3.63) is 54.1 Å². The van der Waals surface area contributed by atoms with Crippen LogP contribution in [0.15, 0.2) is 48.5 Å². The van der Waals surface area contributed by atoms with Gasteiger partial charge >= 0.3 is 5.97 Å². The van der Waals surface area contributed by atoms with Gasteiger partial charge in [-0.05, 0) is 56.2 Å². The zero-order chi connectivity index (χ0) is 23.4. The van der Waals surface area contributed by atoms with Gasteiger partial charge in [0.2, 0.25) is 0 Å². The van der Waals surface area contributed by atoms with E-state index in [4.69, 9.17) is 26.0 Å². The third-order valence-electron chi connectivity index (χ3n) is 6.27. The van der Waals surface area contributed by atoms with Crippen molar-refractivity contribution in [1.82, 2.24) is 4.90 Å². The molecule has 33 heavy (non-hydrogen) atoms. The lowest BCUT2D eigenvalue weighted by Gasteiger charge is -2.32. The summed E-state index contributed by atoms with van der Waals surface area (Å²) in [5, 5.41) is 15.4. The third-order valence-corrected chi connectivity index (χ3v) is 6.27. The van der Waals surface area contributed by atoms with Crippen LogP contribution in [0.25, 0.3) is 0 Å². The van der Waals surface area contributed by atoms with E-state index < -0.39 is 0 Å². The maximum atomic E-state index is 12.9. The summed E-state index contributed by atoms with van der Waals surface area (Å²) in [4.78, 5) is 17.0. The van der Waals surface area contributed by atoms with Gasteiger partial charge in [-0.15, -0.1) is 0 Å². The summed E-state index contributed by atoms with van der Waals surface area (Å²) in [6.07, 6.45) is 3.52.